The lowest BCUT2D eigenvalue weighted by atomic mass is 10.2. The number of hydrogen-bond acceptors (Lipinski definition) is 2. The molecule has 1 N–H and O–H groups in total. The third-order valence-electron chi connectivity index (χ3n) is 3.24. The summed E-state index contributed by atoms with van der Waals surface area (Å²) in [7, 11) is 0. The molecule has 0 saturated heterocycles. The van der Waals surface area contributed by atoms with E-state index in [2.05, 4.69) is 14.9 Å². The predicted octanol–water partition coefficient (Wildman–Crippen LogP) is 3.66. The Balaban J connectivity index is 2.04. The molecule has 1 aromatic heterocycles. The Morgan fingerprint density at radius 2 is 1.85 bits per heavy atom. The highest BCUT2D eigenvalue weighted by atomic mass is 19.1. The fourth-order valence-electron chi connectivity index (χ4n) is 2.30. The molecule has 0 aliphatic heterocycles. The molecule has 0 atom stereocenters. The fraction of sp³-hybridized carbons (Fsp3) is 0.188. The van der Waals surface area contributed by atoms with Gasteiger partial charge in [-0.05, 0) is 36.8 Å². The Labute approximate surface area is 117 Å². The van der Waals surface area contributed by atoms with Gasteiger partial charge < -0.3 is 9.88 Å². The fourth-order valence-corrected chi connectivity index (χ4v) is 2.30. The summed E-state index contributed by atoms with van der Waals surface area (Å²) in [6.45, 7) is 3.53. The summed E-state index contributed by atoms with van der Waals surface area (Å²) in [5.74, 6) is 0.633. The average molecular weight is 269 g/mol. The number of nitrogens with zero attached hydrogens (tertiary/aromatic N) is 2. The van der Waals surface area contributed by atoms with Crippen molar-refractivity contribution in [1.29, 1.82) is 0 Å². The Bertz CT molecular complexity index is 716. The van der Waals surface area contributed by atoms with Crippen molar-refractivity contribution in [3.05, 3.63) is 59.9 Å². The number of anilines is 1. The van der Waals surface area contributed by atoms with Gasteiger partial charge in [0.2, 0.25) is 5.95 Å². The molecule has 0 fully saturated rings. The molecule has 0 unspecified atom stereocenters. The normalized spacial score (nSPS) is 10.9. The summed E-state index contributed by atoms with van der Waals surface area (Å²) in [5, 5.41) is 3.27. The van der Waals surface area contributed by atoms with Crippen molar-refractivity contribution in [3.63, 3.8) is 0 Å². The number of rotatable bonds is 4. The first kappa shape index (κ1) is 12.7. The topological polar surface area (TPSA) is 29.9 Å². The SMILES string of the molecule is CCNc1nc2ccccc2n1Cc1ccc(F)cc1. The highest BCUT2D eigenvalue weighted by Gasteiger charge is 2.09. The second-order valence-corrected chi connectivity index (χ2v) is 4.67. The Hall–Kier alpha value is -2.36. The Morgan fingerprint density at radius 1 is 1.10 bits per heavy atom. The lowest BCUT2D eigenvalue weighted by Gasteiger charge is -2.09. The van der Waals surface area contributed by atoms with Crippen molar-refractivity contribution >= 4 is 17.0 Å². The van der Waals surface area contributed by atoms with Crippen molar-refractivity contribution in [2.24, 2.45) is 0 Å². The number of hydrogen-bond donors (Lipinski definition) is 1. The minimum absolute atomic E-state index is 0.212. The molecule has 3 aromatic rings. The van der Waals surface area contributed by atoms with Gasteiger partial charge >= 0.3 is 0 Å². The van der Waals surface area contributed by atoms with E-state index in [0.717, 1.165) is 29.1 Å². The van der Waals surface area contributed by atoms with E-state index in [1.54, 1.807) is 12.1 Å². The van der Waals surface area contributed by atoms with Crippen LogP contribution >= 0.6 is 0 Å². The van der Waals surface area contributed by atoms with Crippen LogP contribution in [0, 0.1) is 5.82 Å². The molecule has 102 valence electrons. The molecule has 0 bridgehead atoms. The number of benzene rings is 2. The molecule has 0 spiro atoms. The monoisotopic (exact) mass is 269 g/mol. The number of aromatic nitrogens is 2. The van der Waals surface area contributed by atoms with Gasteiger partial charge in [0.25, 0.3) is 0 Å². The van der Waals surface area contributed by atoms with E-state index in [1.807, 2.05) is 31.2 Å². The molecule has 0 saturated carbocycles. The van der Waals surface area contributed by atoms with Crippen LogP contribution < -0.4 is 5.32 Å². The molecular formula is C16H16FN3. The van der Waals surface area contributed by atoms with Crippen LogP contribution in [0.2, 0.25) is 0 Å². The second kappa shape index (κ2) is 5.33. The molecule has 0 aliphatic carbocycles. The van der Waals surface area contributed by atoms with Crippen molar-refractivity contribution in [3.8, 4) is 0 Å². The van der Waals surface area contributed by atoms with Gasteiger partial charge in [-0.3, -0.25) is 0 Å². The number of imidazole rings is 1. The summed E-state index contributed by atoms with van der Waals surface area (Å²) in [6.07, 6.45) is 0. The van der Waals surface area contributed by atoms with Crippen molar-refractivity contribution in [2.45, 2.75) is 13.5 Å². The molecule has 3 rings (SSSR count). The summed E-state index contributed by atoms with van der Waals surface area (Å²) >= 11 is 0. The van der Waals surface area contributed by atoms with E-state index in [4.69, 9.17) is 0 Å². The molecule has 0 aliphatic rings. The number of fused-ring (bicyclic) bond motifs is 1. The summed E-state index contributed by atoms with van der Waals surface area (Å²) in [5.41, 5.74) is 3.09. The van der Waals surface area contributed by atoms with Gasteiger partial charge in [0, 0.05) is 6.54 Å². The van der Waals surface area contributed by atoms with E-state index in [1.165, 1.54) is 12.1 Å². The smallest absolute Gasteiger partial charge is 0.204 e. The molecular weight excluding hydrogens is 253 g/mol. The van der Waals surface area contributed by atoms with Gasteiger partial charge in [0.05, 0.1) is 17.6 Å². The molecule has 0 amide bonds. The van der Waals surface area contributed by atoms with Crippen LogP contribution in [-0.4, -0.2) is 16.1 Å². The van der Waals surface area contributed by atoms with Crippen LogP contribution in [0.15, 0.2) is 48.5 Å². The van der Waals surface area contributed by atoms with Crippen molar-refractivity contribution in [1.82, 2.24) is 9.55 Å². The third-order valence-corrected chi connectivity index (χ3v) is 3.24. The molecule has 2 aromatic carbocycles. The van der Waals surface area contributed by atoms with E-state index < -0.39 is 0 Å². The molecule has 4 heteroatoms. The highest BCUT2D eigenvalue weighted by Crippen LogP contribution is 2.21. The third kappa shape index (κ3) is 2.37. The second-order valence-electron chi connectivity index (χ2n) is 4.67. The maximum Gasteiger partial charge on any atom is 0.204 e. The zero-order valence-electron chi connectivity index (χ0n) is 11.3. The average Bonchev–Trinajstić information content (AvgIpc) is 2.80. The largest absolute Gasteiger partial charge is 0.356 e. The van der Waals surface area contributed by atoms with Crippen LogP contribution in [0.1, 0.15) is 12.5 Å². The summed E-state index contributed by atoms with van der Waals surface area (Å²) < 4.78 is 15.1. The lowest BCUT2D eigenvalue weighted by Crippen LogP contribution is -2.08. The van der Waals surface area contributed by atoms with E-state index >= 15 is 0 Å². The summed E-state index contributed by atoms with van der Waals surface area (Å²) in [4.78, 5) is 4.59. The lowest BCUT2D eigenvalue weighted by molar-refractivity contribution is 0.626. The van der Waals surface area contributed by atoms with Crippen LogP contribution in [0.3, 0.4) is 0 Å². The maximum atomic E-state index is 13.0. The maximum absolute atomic E-state index is 13.0. The van der Waals surface area contributed by atoms with Gasteiger partial charge in [0.1, 0.15) is 5.82 Å². The molecule has 0 radical (unpaired) electrons. The van der Waals surface area contributed by atoms with Gasteiger partial charge in [-0.1, -0.05) is 24.3 Å². The van der Waals surface area contributed by atoms with Crippen LogP contribution in [0.25, 0.3) is 11.0 Å². The Kier molecular flexibility index (Phi) is 3.37. The number of nitrogens with one attached hydrogen (secondary N) is 1. The van der Waals surface area contributed by atoms with E-state index in [9.17, 15) is 4.39 Å². The number of halogens is 1. The van der Waals surface area contributed by atoms with Gasteiger partial charge in [-0.15, -0.1) is 0 Å². The predicted molar refractivity (Wildman–Crippen MR) is 79.4 cm³/mol. The van der Waals surface area contributed by atoms with Crippen molar-refractivity contribution < 1.29 is 4.39 Å². The van der Waals surface area contributed by atoms with E-state index in [-0.39, 0.29) is 5.82 Å². The van der Waals surface area contributed by atoms with Crippen molar-refractivity contribution in [2.75, 3.05) is 11.9 Å². The highest BCUT2D eigenvalue weighted by molar-refractivity contribution is 5.78. The Morgan fingerprint density at radius 3 is 2.60 bits per heavy atom. The van der Waals surface area contributed by atoms with Crippen LogP contribution in [-0.2, 0) is 6.54 Å². The first-order valence-corrected chi connectivity index (χ1v) is 6.71. The van der Waals surface area contributed by atoms with E-state index in [0.29, 0.717) is 6.54 Å². The van der Waals surface area contributed by atoms with Gasteiger partial charge in [0.15, 0.2) is 0 Å². The molecule has 1 heterocycles. The zero-order chi connectivity index (χ0) is 13.9. The molecule has 20 heavy (non-hydrogen) atoms. The number of para-hydroxylation sites is 2. The standard InChI is InChI=1S/C16H16FN3/c1-2-18-16-19-14-5-3-4-6-15(14)20(16)11-12-7-9-13(17)10-8-12/h3-10H,2,11H2,1H3,(H,18,19). The first-order valence-electron chi connectivity index (χ1n) is 6.71. The molecule has 3 nitrogen and oxygen atoms in total. The van der Waals surface area contributed by atoms with Gasteiger partial charge in [-0.25, -0.2) is 9.37 Å². The minimum Gasteiger partial charge on any atom is -0.356 e. The minimum atomic E-state index is -0.212. The quantitative estimate of drug-likeness (QED) is 0.783. The zero-order valence-corrected chi connectivity index (χ0v) is 11.3. The van der Waals surface area contributed by atoms with Gasteiger partial charge in [-0.2, -0.15) is 0 Å². The first-order chi connectivity index (χ1) is 9.78. The van der Waals surface area contributed by atoms with Crippen LogP contribution in [0.5, 0.6) is 0 Å². The van der Waals surface area contributed by atoms with Crippen LogP contribution in [0.4, 0.5) is 10.3 Å². The summed E-state index contributed by atoms with van der Waals surface area (Å²) in [6, 6.07) is 14.6.